The van der Waals surface area contributed by atoms with Gasteiger partial charge in [-0.3, -0.25) is 0 Å². The first-order chi connectivity index (χ1) is 13.3. The molecular formula is C26H46O2. The minimum absolute atomic E-state index is 0.0261. The van der Waals surface area contributed by atoms with Gasteiger partial charge in [0.25, 0.3) is 0 Å². The summed E-state index contributed by atoms with van der Waals surface area (Å²) in [6.07, 6.45) is 15.3. The van der Waals surface area contributed by atoms with E-state index in [0.717, 1.165) is 54.8 Å². The molecule has 0 bridgehead atoms. The molecule has 10 atom stereocenters. The first-order valence-corrected chi connectivity index (χ1v) is 12.6. The molecule has 0 heterocycles. The Morgan fingerprint density at radius 1 is 0.857 bits per heavy atom. The molecule has 0 aromatic carbocycles. The minimum Gasteiger partial charge on any atom is -0.393 e. The summed E-state index contributed by atoms with van der Waals surface area (Å²) >= 11 is 0. The highest BCUT2D eigenvalue weighted by molar-refractivity contribution is 5.09. The summed E-state index contributed by atoms with van der Waals surface area (Å²) in [6.45, 7) is 9.71. The van der Waals surface area contributed by atoms with Gasteiger partial charge in [0.2, 0.25) is 0 Å². The second-order valence-electron chi connectivity index (χ2n) is 12.1. The van der Waals surface area contributed by atoms with E-state index in [1.54, 1.807) is 0 Å². The Morgan fingerprint density at radius 3 is 2.32 bits per heavy atom. The van der Waals surface area contributed by atoms with Crippen molar-refractivity contribution in [2.24, 2.45) is 46.3 Å². The quantitative estimate of drug-likeness (QED) is 0.587. The minimum atomic E-state index is -0.139. The second-order valence-corrected chi connectivity index (χ2v) is 12.1. The van der Waals surface area contributed by atoms with Crippen LogP contribution in [0.15, 0.2) is 0 Å². The van der Waals surface area contributed by atoms with E-state index < -0.39 is 0 Å². The standard InChI is InChI=1S/C26H46O2/c1-17(6-5-7-18(2)27)22-10-11-23-21-9-8-19-16-20(28)12-14-25(19,3)24(21)13-15-26(22,23)4/h17-24,27-28H,5-16H2,1-4H3/t17?,18-,19?,20?,21?,22?,23?,24?,25?,26?/m1/s1. The molecule has 4 saturated carbocycles. The first-order valence-electron chi connectivity index (χ1n) is 12.6. The molecule has 0 radical (unpaired) electrons. The van der Waals surface area contributed by atoms with Crippen molar-refractivity contribution in [1.82, 2.24) is 0 Å². The van der Waals surface area contributed by atoms with Crippen molar-refractivity contribution in [3.8, 4) is 0 Å². The van der Waals surface area contributed by atoms with Gasteiger partial charge in [-0.1, -0.05) is 33.6 Å². The fourth-order valence-corrected chi connectivity index (χ4v) is 9.15. The third-order valence-corrected chi connectivity index (χ3v) is 10.7. The molecular weight excluding hydrogens is 344 g/mol. The van der Waals surface area contributed by atoms with Crippen LogP contribution in [0.5, 0.6) is 0 Å². The highest BCUT2D eigenvalue weighted by atomic mass is 16.3. The molecule has 4 rings (SSSR count). The lowest BCUT2D eigenvalue weighted by molar-refractivity contribution is -0.129. The van der Waals surface area contributed by atoms with Gasteiger partial charge in [-0.2, -0.15) is 0 Å². The van der Waals surface area contributed by atoms with E-state index in [2.05, 4.69) is 20.8 Å². The Labute approximate surface area is 173 Å². The van der Waals surface area contributed by atoms with Crippen LogP contribution in [0, 0.1) is 46.3 Å². The van der Waals surface area contributed by atoms with Gasteiger partial charge in [-0.05, 0) is 117 Å². The number of aliphatic hydroxyl groups is 2. The summed E-state index contributed by atoms with van der Waals surface area (Å²) in [6, 6.07) is 0. The molecule has 2 nitrogen and oxygen atoms in total. The number of aliphatic hydroxyl groups excluding tert-OH is 2. The van der Waals surface area contributed by atoms with Crippen LogP contribution in [0.1, 0.15) is 105 Å². The third-order valence-electron chi connectivity index (χ3n) is 10.7. The zero-order chi connectivity index (χ0) is 20.1. The zero-order valence-corrected chi connectivity index (χ0v) is 19.0. The zero-order valence-electron chi connectivity index (χ0n) is 19.0. The van der Waals surface area contributed by atoms with Crippen LogP contribution in [0.25, 0.3) is 0 Å². The highest BCUT2D eigenvalue weighted by Gasteiger charge is 2.60. The summed E-state index contributed by atoms with van der Waals surface area (Å²) in [5, 5.41) is 19.9. The predicted molar refractivity (Wildman–Crippen MR) is 116 cm³/mol. The maximum atomic E-state index is 10.2. The first kappa shape index (κ1) is 21.2. The summed E-state index contributed by atoms with van der Waals surface area (Å²) in [4.78, 5) is 0. The largest absolute Gasteiger partial charge is 0.393 e. The SMILES string of the molecule is CC(CCC[C@@H](C)O)C1CCC2C3CCC4CC(O)CCC4(C)C3CCC12C. The van der Waals surface area contributed by atoms with E-state index in [-0.39, 0.29) is 12.2 Å². The molecule has 4 fully saturated rings. The Bertz CT molecular complexity index is 545. The predicted octanol–water partition coefficient (Wildman–Crippen LogP) is 6.19. The molecule has 0 amide bonds. The van der Waals surface area contributed by atoms with Crippen LogP contribution in [-0.4, -0.2) is 22.4 Å². The number of fused-ring (bicyclic) bond motifs is 5. The molecule has 162 valence electrons. The van der Waals surface area contributed by atoms with Gasteiger partial charge in [-0.15, -0.1) is 0 Å². The Hall–Kier alpha value is -0.0800. The molecule has 4 aliphatic carbocycles. The lowest BCUT2D eigenvalue weighted by atomic mass is 9.44. The van der Waals surface area contributed by atoms with Crippen LogP contribution < -0.4 is 0 Å². The topological polar surface area (TPSA) is 40.5 Å². The Morgan fingerprint density at radius 2 is 1.57 bits per heavy atom. The Balaban J connectivity index is 1.46. The molecule has 28 heavy (non-hydrogen) atoms. The van der Waals surface area contributed by atoms with Crippen LogP contribution in [-0.2, 0) is 0 Å². The second kappa shape index (κ2) is 7.88. The van der Waals surface area contributed by atoms with E-state index in [9.17, 15) is 10.2 Å². The number of hydrogen-bond acceptors (Lipinski definition) is 2. The average Bonchev–Trinajstić information content (AvgIpc) is 2.99. The van der Waals surface area contributed by atoms with Crippen molar-refractivity contribution in [3.05, 3.63) is 0 Å². The van der Waals surface area contributed by atoms with Crippen LogP contribution in [0.2, 0.25) is 0 Å². The summed E-state index contributed by atoms with van der Waals surface area (Å²) in [5.41, 5.74) is 1.06. The molecule has 4 aliphatic rings. The third kappa shape index (κ3) is 3.49. The van der Waals surface area contributed by atoms with E-state index in [1.807, 2.05) is 6.92 Å². The van der Waals surface area contributed by atoms with Crippen molar-refractivity contribution >= 4 is 0 Å². The van der Waals surface area contributed by atoms with Gasteiger partial charge in [0.15, 0.2) is 0 Å². The Kier molecular flexibility index (Phi) is 5.95. The lowest BCUT2D eigenvalue weighted by Gasteiger charge is -2.61. The molecule has 2 heteroatoms. The van der Waals surface area contributed by atoms with Crippen molar-refractivity contribution in [1.29, 1.82) is 0 Å². The fourth-order valence-electron chi connectivity index (χ4n) is 9.15. The summed E-state index contributed by atoms with van der Waals surface area (Å²) in [7, 11) is 0. The number of rotatable bonds is 5. The van der Waals surface area contributed by atoms with Gasteiger partial charge < -0.3 is 10.2 Å². The average molecular weight is 391 g/mol. The smallest absolute Gasteiger partial charge is 0.0543 e. The van der Waals surface area contributed by atoms with Crippen molar-refractivity contribution in [2.45, 2.75) is 117 Å². The molecule has 0 aliphatic heterocycles. The molecule has 0 aromatic rings. The van der Waals surface area contributed by atoms with Crippen LogP contribution in [0.4, 0.5) is 0 Å². The molecule has 2 N–H and O–H groups in total. The van der Waals surface area contributed by atoms with E-state index in [0.29, 0.717) is 10.8 Å². The van der Waals surface area contributed by atoms with Gasteiger partial charge in [0.05, 0.1) is 12.2 Å². The molecule has 0 aromatic heterocycles. The van der Waals surface area contributed by atoms with E-state index in [1.165, 1.54) is 57.8 Å². The van der Waals surface area contributed by atoms with Gasteiger partial charge in [-0.25, -0.2) is 0 Å². The maximum absolute atomic E-state index is 10.2. The normalized spacial score (nSPS) is 50.4. The highest BCUT2D eigenvalue weighted by Crippen LogP contribution is 2.68. The summed E-state index contributed by atoms with van der Waals surface area (Å²) < 4.78 is 0. The van der Waals surface area contributed by atoms with Crippen molar-refractivity contribution in [2.75, 3.05) is 0 Å². The van der Waals surface area contributed by atoms with Crippen LogP contribution >= 0.6 is 0 Å². The van der Waals surface area contributed by atoms with Crippen molar-refractivity contribution < 1.29 is 10.2 Å². The fraction of sp³-hybridized carbons (Fsp3) is 1.00. The van der Waals surface area contributed by atoms with E-state index >= 15 is 0 Å². The van der Waals surface area contributed by atoms with Crippen molar-refractivity contribution in [3.63, 3.8) is 0 Å². The van der Waals surface area contributed by atoms with Gasteiger partial charge >= 0.3 is 0 Å². The maximum Gasteiger partial charge on any atom is 0.0543 e. The van der Waals surface area contributed by atoms with Gasteiger partial charge in [0, 0.05) is 0 Å². The lowest BCUT2D eigenvalue weighted by Crippen LogP contribution is -2.54. The van der Waals surface area contributed by atoms with E-state index in [4.69, 9.17) is 0 Å². The van der Waals surface area contributed by atoms with Crippen LogP contribution in [0.3, 0.4) is 0 Å². The molecule has 0 saturated heterocycles. The summed E-state index contributed by atoms with van der Waals surface area (Å²) in [5.74, 6) is 5.29. The van der Waals surface area contributed by atoms with Gasteiger partial charge in [0.1, 0.15) is 0 Å². The molecule has 9 unspecified atom stereocenters. The monoisotopic (exact) mass is 390 g/mol. The molecule has 0 spiro atoms. The number of hydrogen-bond donors (Lipinski definition) is 2.